The van der Waals surface area contributed by atoms with E-state index < -0.39 is 24.6 Å². The number of likely N-dealkylation sites (tertiary alicyclic amines) is 1. The molecule has 0 aliphatic carbocycles. The van der Waals surface area contributed by atoms with Crippen LogP contribution < -0.4 is 4.74 Å². The van der Waals surface area contributed by atoms with Gasteiger partial charge in [0.2, 0.25) is 5.88 Å². The summed E-state index contributed by atoms with van der Waals surface area (Å²) in [6, 6.07) is 6.66. The molecule has 0 N–H and O–H groups in total. The third-order valence-electron chi connectivity index (χ3n) is 5.24. The summed E-state index contributed by atoms with van der Waals surface area (Å²) in [5, 5.41) is 0. The van der Waals surface area contributed by atoms with E-state index in [4.69, 9.17) is 4.74 Å². The molecule has 1 fully saturated rings. The first-order chi connectivity index (χ1) is 15.1. The Balaban J connectivity index is 1.47. The molecule has 174 valence electrons. The molecule has 0 bridgehead atoms. The predicted molar refractivity (Wildman–Crippen MR) is 104 cm³/mol. The smallest absolute Gasteiger partial charge is 0.454 e. The molecule has 0 unspecified atom stereocenters. The van der Waals surface area contributed by atoms with E-state index in [0.717, 1.165) is 10.5 Å². The molecule has 0 saturated carbocycles. The number of carbonyl (C=O) groups is 1. The zero-order valence-electron chi connectivity index (χ0n) is 17.2. The SMILES string of the molecule is COC(=O)c1ccc(-c2cnc(OCC3CCN(CC(F)(F)C(F)(F)F)CC3)cn2)cc1. The molecular weight excluding hydrogens is 437 g/mol. The number of hydrogen-bond acceptors (Lipinski definition) is 6. The molecule has 3 rings (SSSR count). The van der Waals surface area contributed by atoms with Crippen LogP contribution in [0.3, 0.4) is 0 Å². The molecule has 2 aromatic rings. The van der Waals surface area contributed by atoms with E-state index >= 15 is 0 Å². The van der Waals surface area contributed by atoms with Crippen LogP contribution in [0.25, 0.3) is 11.3 Å². The molecule has 0 amide bonds. The van der Waals surface area contributed by atoms with Gasteiger partial charge in [-0.05, 0) is 44.0 Å². The molecule has 0 radical (unpaired) electrons. The van der Waals surface area contributed by atoms with Crippen LogP contribution in [0.2, 0.25) is 0 Å². The summed E-state index contributed by atoms with van der Waals surface area (Å²) in [6.45, 7) is -0.763. The van der Waals surface area contributed by atoms with Gasteiger partial charge in [0.05, 0.1) is 43.9 Å². The topological polar surface area (TPSA) is 64.6 Å². The summed E-state index contributed by atoms with van der Waals surface area (Å²) in [5.74, 6) is -4.84. The van der Waals surface area contributed by atoms with Crippen LogP contribution in [0.5, 0.6) is 5.88 Å². The average molecular weight is 459 g/mol. The first-order valence-corrected chi connectivity index (χ1v) is 9.89. The van der Waals surface area contributed by atoms with Crippen molar-refractivity contribution >= 4 is 5.97 Å². The fraction of sp³-hybridized carbons (Fsp3) is 0.476. The minimum absolute atomic E-state index is 0.0260. The number of nitrogens with zero attached hydrogens (tertiary/aromatic N) is 3. The quantitative estimate of drug-likeness (QED) is 0.457. The van der Waals surface area contributed by atoms with Gasteiger partial charge in [0, 0.05) is 5.56 Å². The van der Waals surface area contributed by atoms with Crippen molar-refractivity contribution in [1.29, 1.82) is 0 Å². The maximum atomic E-state index is 13.2. The third kappa shape index (κ3) is 5.90. The van der Waals surface area contributed by atoms with Crippen LogP contribution >= 0.6 is 0 Å². The maximum Gasteiger partial charge on any atom is 0.454 e. The Morgan fingerprint density at radius 1 is 1.06 bits per heavy atom. The molecule has 1 aromatic heterocycles. The lowest BCUT2D eigenvalue weighted by molar-refractivity contribution is -0.287. The van der Waals surface area contributed by atoms with Crippen molar-refractivity contribution in [2.75, 3.05) is 33.4 Å². The first kappa shape index (κ1) is 23.8. The van der Waals surface area contributed by atoms with Crippen LogP contribution in [-0.2, 0) is 4.74 Å². The molecule has 0 atom stereocenters. The Hall–Kier alpha value is -2.82. The van der Waals surface area contributed by atoms with Crippen LogP contribution in [0, 0.1) is 5.92 Å². The number of alkyl halides is 5. The zero-order chi connectivity index (χ0) is 23.4. The van der Waals surface area contributed by atoms with E-state index in [1.807, 2.05) is 0 Å². The highest BCUT2D eigenvalue weighted by Crippen LogP contribution is 2.36. The molecule has 1 aliphatic rings. The standard InChI is InChI=1S/C21H22F5N3O3/c1-31-19(30)16-4-2-15(3-5-16)17-10-28-18(11-27-17)32-12-14-6-8-29(9-7-14)13-20(22,23)21(24,25)26/h2-5,10-11,14H,6-9,12-13H2,1H3. The van der Waals surface area contributed by atoms with Gasteiger partial charge >= 0.3 is 18.1 Å². The Labute approximate surface area is 181 Å². The van der Waals surface area contributed by atoms with Crippen molar-refractivity contribution < 1.29 is 36.2 Å². The largest absolute Gasteiger partial charge is 0.476 e. The van der Waals surface area contributed by atoms with Crippen molar-refractivity contribution in [3.8, 4) is 17.1 Å². The van der Waals surface area contributed by atoms with Crippen LogP contribution in [-0.4, -0.2) is 66.3 Å². The van der Waals surface area contributed by atoms with Gasteiger partial charge in [-0.3, -0.25) is 4.90 Å². The molecule has 11 heteroatoms. The van der Waals surface area contributed by atoms with Gasteiger partial charge in [0.25, 0.3) is 0 Å². The number of esters is 1. The molecule has 0 spiro atoms. The van der Waals surface area contributed by atoms with Gasteiger partial charge in [0.15, 0.2) is 0 Å². The lowest BCUT2D eigenvalue weighted by atomic mass is 9.97. The van der Waals surface area contributed by atoms with Crippen molar-refractivity contribution in [2.24, 2.45) is 5.92 Å². The van der Waals surface area contributed by atoms with Crippen molar-refractivity contribution in [3.05, 3.63) is 42.2 Å². The molecular formula is C21H22F5N3O3. The van der Waals surface area contributed by atoms with E-state index in [1.54, 1.807) is 24.3 Å². The Morgan fingerprint density at radius 2 is 1.72 bits per heavy atom. The minimum Gasteiger partial charge on any atom is -0.476 e. The van der Waals surface area contributed by atoms with Crippen molar-refractivity contribution in [2.45, 2.75) is 24.9 Å². The molecule has 1 aliphatic heterocycles. The van der Waals surface area contributed by atoms with Gasteiger partial charge < -0.3 is 9.47 Å². The van der Waals surface area contributed by atoms with E-state index in [-0.39, 0.29) is 31.5 Å². The highest BCUT2D eigenvalue weighted by molar-refractivity contribution is 5.89. The highest BCUT2D eigenvalue weighted by atomic mass is 19.4. The second-order valence-electron chi connectivity index (χ2n) is 7.54. The normalized spacial score (nSPS) is 16.1. The highest BCUT2D eigenvalue weighted by Gasteiger charge is 2.58. The second-order valence-corrected chi connectivity index (χ2v) is 7.54. The number of piperidine rings is 1. The van der Waals surface area contributed by atoms with E-state index in [0.29, 0.717) is 24.1 Å². The summed E-state index contributed by atoms with van der Waals surface area (Å²) in [6.07, 6.45) is -1.67. The fourth-order valence-electron chi connectivity index (χ4n) is 3.32. The number of methoxy groups -OCH3 is 1. The number of hydrogen-bond donors (Lipinski definition) is 0. The number of aromatic nitrogens is 2. The lowest BCUT2D eigenvalue weighted by Gasteiger charge is -2.34. The fourth-order valence-corrected chi connectivity index (χ4v) is 3.32. The van der Waals surface area contributed by atoms with Crippen molar-refractivity contribution in [3.63, 3.8) is 0 Å². The molecule has 6 nitrogen and oxygen atoms in total. The predicted octanol–water partition coefficient (Wildman–Crippen LogP) is 4.22. The Kier molecular flexibility index (Phi) is 7.27. The maximum absolute atomic E-state index is 13.2. The number of carbonyl (C=O) groups excluding carboxylic acids is 1. The molecule has 2 heterocycles. The van der Waals surface area contributed by atoms with Crippen LogP contribution in [0.15, 0.2) is 36.7 Å². The molecule has 32 heavy (non-hydrogen) atoms. The number of halogens is 5. The second kappa shape index (κ2) is 9.76. The first-order valence-electron chi connectivity index (χ1n) is 9.89. The summed E-state index contributed by atoms with van der Waals surface area (Å²) in [4.78, 5) is 21.1. The molecule has 1 saturated heterocycles. The minimum atomic E-state index is -5.54. The van der Waals surface area contributed by atoms with E-state index in [9.17, 15) is 26.7 Å². The lowest BCUT2D eigenvalue weighted by Crippen LogP contribution is -2.49. The third-order valence-corrected chi connectivity index (χ3v) is 5.24. The van der Waals surface area contributed by atoms with E-state index in [1.165, 1.54) is 19.5 Å². The number of ether oxygens (including phenoxy) is 2. The number of benzene rings is 1. The van der Waals surface area contributed by atoms with Crippen LogP contribution in [0.1, 0.15) is 23.2 Å². The summed E-state index contributed by atoms with van der Waals surface area (Å²) in [5.41, 5.74) is 1.74. The summed E-state index contributed by atoms with van der Waals surface area (Å²) >= 11 is 0. The van der Waals surface area contributed by atoms with Gasteiger partial charge in [0.1, 0.15) is 0 Å². The van der Waals surface area contributed by atoms with Crippen LogP contribution in [0.4, 0.5) is 22.0 Å². The Morgan fingerprint density at radius 3 is 2.25 bits per heavy atom. The summed E-state index contributed by atoms with van der Waals surface area (Å²) in [7, 11) is 1.30. The zero-order valence-corrected chi connectivity index (χ0v) is 17.2. The van der Waals surface area contributed by atoms with Crippen molar-refractivity contribution in [1.82, 2.24) is 14.9 Å². The number of rotatable bonds is 7. The van der Waals surface area contributed by atoms with E-state index in [2.05, 4.69) is 14.7 Å². The molecule has 1 aromatic carbocycles. The Bertz CT molecular complexity index is 896. The van der Waals surface area contributed by atoms with Gasteiger partial charge in [-0.25, -0.2) is 14.8 Å². The van der Waals surface area contributed by atoms with Gasteiger partial charge in [-0.2, -0.15) is 22.0 Å². The van der Waals surface area contributed by atoms with Gasteiger partial charge in [-0.15, -0.1) is 0 Å². The summed E-state index contributed by atoms with van der Waals surface area (Å²) < 4.78 is 73.7. The monoisotopic (exact) mass is 459 g/mol. The average Bonchev–Trinajstić information content (AvgIpc) is 2.77. The van der Waals surface area contributed by atoms with Gasteiger partial charge in [-0.1, -0.05) is 12.1 Å².